The Balaban J connectivity index is 2.59. The summed E-state index contributed by atoms with van der Waals surface area (Å²) in [4.78, 5) is 24.3. The highest BCUT2D eigenvalue weighted by molar-refractivity contribution is 6.09. The van der Waals surface area contributed by atoms with Crippen LogP contribution in [-0.4, -0.2) is 22.0 Å². The number of carbonyl (C=O) groups excluding carboxylic acids is 1. The topological polar surface area (TPSA) is 74.6 Å². The number of allylic oxidation sites excluding steroid dienone is 5. The van der Waals surface area contributed by atoms with Crippen LogP contribution in [0.3, 0.4) is 0 Å². The van der Waals surface area contributed by atoms with E-state index in [-0.39, 0.29) is 22.2 Å². The third kappa shape index (κ3) is 5.06. The Morgan fingerprint density at radius 2 is 1.48 bits per heavy atom. The number of hydrogen-bond acceptors (Lipinski definition) is 3. The predicted molar refractivity (Wildman–Crippen MR) is 116 cm³/mol. The van der Waals surface area contributed by atoms with Gasteiger partial charge in [0.1, 0.15) is 0 Å². The van der Waals surface area contributed by atoms with E-state index in [0.717, 1.165) is 36.7 Å². The number of rotatable bonds is 7. The smallest absolute Gasteiger partial charge is 0.335 e. The van der Waals surface area contributed by atoms with Gasteiger partial charge in [0.15, 0.2) is 5.78 Å². The molecule has 0 heterocycles. The molecular weight excluding hydrogens is 364 g/mol. The van der Waals surface area contributed by atoms with Gasteiger partial charge in [0.2, 0.25) is 0 Å². The van der Waals surface area contributed by atoms with Crippen LogP contribution < -0.4 is 0 Å². The molecule has 0 aromatic heterocycles. The summed E-state index contributed by atoms with van der Waals surface area (Å²) in [6, 6.07) is 6.08. The minimum Gasteiger partial charge on any atom is -0.516 e. The van der Waals surface area contributed by atoms with E-state index in [9.17, 15) is 14.7 Å². The molecule has 0 aliphatic heterocycles. The maximum Gasteiger partial charge on any atom is 0.335 e. The maximum absolute atomic E-state index is 13.2. The van der Waals surface area contributed by atoms with Crippen LogP contribution in [-0.2, 0) is 0 Å². The Labute approximate surface area is 173 Å². The lowest BCUT2D eigenvalue weighted by molar-refractivity contribution is 0.0696. The Morgan fingerprint density at radius 3 is 1.97 bits per heavy atom. The average molecular weight is 397 g/mol. The standard InChI is InChI=1S/C25H32O4/c1-6-7-19(22(27)17-8-10-18(11-9-17)23(28)29)16-21-20(12-15-26)24(2,3)13-14-25(21,4)5/h8-12,15-16,26H,6-7,13-14H2,1-5H3,(H,28,29)/b15-12+,19-16+. The molecule has 2 rings (SSSR count). The SMILES string of the molecule is CCC/C(=C\C1=C(/C=C/O)C(C)(C)CCC1(C)C)C(=O)c1ccc(C(=O)O)cc1. The molecule has 4 nitrogen and oxygen atoms in total. The third-order valence-corrected chi connectivity index (χ3v) is 5.89. The van der Waals surface area contributed by atoms with Crippen molar-refractivity contribution in [3.63, 3.8) is 0 Å². The fourth-order valence-electron chi connectivity index (χ4n) is 3.93. The number of aromatic carboxylic acids is 1. The van der Waals surface area contributed by atoms with Crippen LogP contribution >= 0.6 is 0 Å². The molecule has 0 radical (unpaired) electrons. The summed E-state index contributed by atoms with van der Waals surface area (Å²) in [7, 11) is 0. The van der Waals surface area contributed by atoms with E-state index in [4.69, 9.17) is 5.11 Å². The van der Waals surface area contributed by atoms with E-state index in [0.29, 0.717) is 17.6 Å². The monoisotopic (exact) mass is 396 g/mol. The van der Waals surface area contributed by atoms with Gasteiger partial charge in [-0.05, 0) is 59.4 Å². The zero-order valence-electron chi connectivity index (χ0n) is 18.1. The van der Waals surface area contributed by atoms with Gasteiger partial charge in [0, 0.05) is 11.1 Å². The number of benzene rings is 1. The van der Waals surface area contributed by atoms with Crippen molar-refractivity contribution in [2.75, 3.05) is 0 Å². The molecule has 0 saturated carbocycles. The minimum atomic E-state index is -1.01. The van der Waals surface area contributed by atoms with Crippen molar-refractivity contribution in [3.05, 3.63) is 70.5 Å². The van der Waals surface area contributed by atoms with Gasteiger partial charge in [0.05, 0.1) is 11.8 Å². The number of Topliss-reactive ketones (excluding diaryl/α,β-unsaturated/α-hetero) is 1. The van der Waals surface area contributed by atoms with Crippen molar-refractivity contribution in [1.29, 1.82) is 0 Å². The van der Waals surface area contributed by atoms with Crippen molar-refractivity contribution >= 4 is 11.8 Å². The molecule has 4 heteroatoms. The molecule has 156 valence electrons. The molecule has 0 unspecified atom stereocenters. The van der Waals surface area contributed by atoms with E-state index in [1.165, 1.54) is 12.1 Å². The zero-order chi connectivity index (χ0) is 21.8. The number of carboxylic acid groups (broad SMARTS) is 1. The molecule has 1 aromatic carbocycles. The van der Waals surface area contributed by atoms with Crippen LogP contribution in [0.25, 0.3) is 0 Å². The lowest BCUT2D eigenvalue weighted by atomic mass is 9.62. The van der Waals surface area contributed by atoms with Gasteiger partial charge in [0.25, 0.3) is 0 Å². The van der Waals surface area contributed by atoms with Crippen molar-refractivity contribution in [2.24, 2.45) is 10.8 Å². The predicted octanol–water partition coefficient (Wildman–Crippen LogP) is 6.51. The lowest BCUT2D eigenvalue weighted by Gasteiger charge is -2.42. The highest BCUT2D eigenvalue weighted by Gasteiger charge is 2.37. The molecule has 0 saturated heterocycles. The van der Waals surface area contributed by atoms with Gasteiger partial charge in [-0.1, -0.05) is 59.2 Å². The molecule has 2 N–H and O–H groups in total. The number of ketones is 1. The van der Waals surface area contributed by atoms with E-state index < -0.39 is 5.97 Å². The molecule has 1 aliphatic carbocycles. The number of aliphatic hydroxyl groups excluding tert-OH is 1. The summed E-state index contributed by atoms with van der Waals surface area (Å²) in [5.41, 5.74) is 3.29. The second-order valence-electron chi connectivity index (χ2n) is 9.04. The van der Waals surface area contributed by atoms with Crippen LogP contribution in [0.2, 0.25) is 0 Å². The quantitative estimate of drug-likeness (QED) is 0.313. The second kappa shape index (κ2) is 8.81. The normalized spacial score (nSPS) is 18.9. The molecule has 0 atom stereocenters. The van der Waals surface area contributed by atoms with Gasteiger partial charge < -0.3 is 10.2 Å². The fourth-order valence-corrected chi connectivity index (χ4v) is 3.93. The first-order valence-corrected chi connectivity index (χ1v) is 10.2. The van der Waals surface area contributed by atoms with Gasteiger partial charge >= 0.3 is 5.97 Å². The zero-order valence-corrected chi connectivity index (χ0v) is 18.1. The number of carboxylic acids is 1. The molecule has 1 aliphatic rings. The highest BCUT2D eigenvalue weighted by Crippen LogP contribution is 2.50. The molecule has 1 aromatic rings. The Morgan fingerprint density at radius 1 is 0.966 bits per heavy atom. The molecule has 0 fully saturated rings. The van der Waals surface area contributed by atoms with Gasteiger partial charge in [-0.25, -0.2) is 4.79 Å². The minimum absolute atomic E-state index is 0.0807. The first kappa shape index (κ1) is 22.7. The molecule has 0 spiro atoms. The van der Waals surface area contributed by atoms with Gasteiger partial charge in [-0.3, -0.25) is 4.79 Å². The van der Waals surface area contributed by atoms with E-state index >= 15 is 0 Å². The molecule has 0 bridgehead atoms. The maximum atomic E-state index is 13.2. The lowest BCUT2D eigenvalue weighted by Crippen LogP contribution is -2.30. The van der Waals surface area contributed by atoms with Crippen molar-refractivity contribution in [2.45, 2.75) is 60.3 Å². The van der Waals surface area contributed by atoms with E-state index in [1.807, 2.05) is 13.0 Å². The van der Waals surface area contributed by atoms with E-state index in [1.54, 1.807) is 18.2 Å². The molecule has 0 amide bonds. The highest BCUT2D eigenvalue weighted by atomic mass is 16.4. The number of hydrogen-bond donors (Lipinski definition) is 2. The Bertz CT molecular complexity index is 865. The van der Waals surface area contributed by atoms with Crippen LogP contribution in [0.15, 0.2) is 59.4 Å². The van der Waals surface area contributed by atoms with Crippen LogP contribution in [0, 0.1) is 10.8 Å². The van der Waals surface area contributed by atoms with Crippen molar-refractivity contribution < 1.29 is 19.8 Å². The van der Waals surface area contributed by atoms with Crippen molar-refractivity contribution in [3.8, 4) is 0 Å². The summed E-state index contributed by atoms with van der Waals surface area (Å²) in [6.07, 6.45) is 8.30. The first-order chi connectivity index (χ1) is 13.5. The average Bonchev–Trinajstić information content (AvgIpc) is 2.67. The van der Waals surface area contributed by atoms with Crippen LogP contribution in [0.1, 0.15) is 81.0 Å². The van der Waals surface area contributed by atoms with Gasteiger partial charge in [-0.15, -0.1) is 0 Å². The third-order valence-electron chi connectivity index (χ3n) is 5.89. The summed E-state index contributed by atoms with van der Waals surface area (Å²) >= 11 is 0. The van der Waals surface area contributed by atoms with Crippen molar-refractivity contribution in [1.82, 2.24) is 0 Å². The summed E-state index contributed by atoms with van der Waals surface area (Å²) in [6.45, 7) is 10.7. The van der Waals surface area contributed by atoms with Gasteiger partial charge in [-0.2, -0.15) is 0 Å². The summed E-state index contributed by atoms with van der Waals surface area (Å²) in [5.74, 6) is -1.09. The van der Waals surface area contributed by atoms with Crippen LogP contribution in [0.5, 0.6) is 0 Å². The summed E-state index contributed by atoms with van der Waals surface area (Å²) in [5, 5.41) is 18.6. The first-order valence-electron chi connectivity index (χ1n) is 10.2. The largest absolute Gasteiger partial charge is 0.516 e. The van der Waals surface area contributed by atoms with E-state index in [2.05, 4.69) is 27.7 Å². The Hall–Kier alpha value is -2.62. The number of aliphatic hydroxyl groups is 1. The van der Waals surface area contributed by atoms with Crippen LogP contribution in [0.4, 0.5) is 0 Å². The molecule has 29 heavy (non-hydrogen) atoms. The second-order valence-corrected chi connectivity index (χ2v) is 9.04. The Kier molecular flexibility index (Phi) is 6.89. The summed E-state index contributed by atoms with van der Waals surface area (Å²) < 4.78 is 0. The number of carbonyl (C=O) groups is 2. The fraction of sp³-hybridized carbons (Fsp3) is 0.440. The molecular formula is C25H32O4.